The second-order valence-corrected chi connectivity index (χ2v) is 10.1. The normalized spacial score (nSPS) is 23.0. The van der Waals surface area contributed by atoms with Gasteiger partial charge in [-0.2, -0.15) is 5.10 Å². The Labute approximate surface area is 199 Å². The van der Waals surface area contributed by atoms with E-state index in [9.17, 15) is 14.3 Å². The van der Waals surface area contributed by atoms with Crippen molar-refractivity contribution in [2.75, 3.05) is 31.1 Å². The Kier molecular flexibility index (Phi) is 5.61. The molecule has 180 valence electrons. The predicted molar refractivity (Wildman–Crippen MR) is 129 cm³/mol. The maximum Gasteiger partial charge on any atom is 0.262 e. The lowest BCUT2D eigenvalue weighted by molar-refractivity contribution is -0.122. The Morgan fingerprint density at radius 1 is 1.26 bits per heavy atom. The zero-order valence-corrected chi connectivity index (χ0v) is 20.0. The van der Waals surface area contributed by atoms with Crippen molar-refractivity contribution in [1.29, 1.82) is 0 Å². The van der Waals surface area contributed by atoms with Crippen molar-refractivity contribution in [2.24, 2.45) is 10.5 Å². The number of hydrazone groups is 1. The van der Waals surface area contributed by atoms with E-state index in [1.165, 1.54) is 6.07 Å². The van der Waals surface area contributed by atoms with Gasteiger partial charge in [0.1, 0.15) is 24.2 Å². The number of hydrogen-bond acceptors (Lipinski definition) is 6. The minimum absolute atomic E-state index is 0.0412. The summed E-state index contributed by atoms with van der Waals surface area (Å²) in [5.74, 6) is 0.895. The van der Waals surface area contributed by atoms with Crippen LogP contribution in [0.25, 0.3) is 11.1 Å². The molecule has 0 radical (unpaired) electrons. The Bertz CT molecular complexity index is 1160. The van der Waals surface area contributed by atoms with E-state index in [1.807, 2.05) is 30.0 Å². The molecule has 5 rings (SSSR count). The van der Waals surface area contributed by atoms with E-state index in [2.05, 4.69) is 29.3 Å². The lowest BCUT2D eigenvalue weighted by Gasteiger charge is -2.52. The molecule has 3 aliphatic heterocycles. The number of amidine groups is 1. The number of nitrogens with one attached hydrogen (secondary N) is 1. The molecule has 2 aromatic rings. The van der Waals surface area contributed by atoms with Crippen LogP contribution < -0.4 is 15.1 Å². The van der Waals surface area contributed by atoms with Crippen LogP contribution in [0.5, 0.6) is 5.75 Å². The van der Waals surface area contributed by atoms with Gasteiger partial charge in [0.25, 0.3) is 5.91 Å². The van der Waals surface area contributed by atoms with Crippen molar-refractivity contribution in [2.45, 2.75) is 45.8 Å². The van der Waals surface area contributed by atoms with Gasteiger partial charge in [-0.1, -0.05) is 32.0 Å². The Morgan fingerprint density at radius 2 is 2.00 bits per heavy atom. The van der Waals surface area contributed by atoms with Crippen molar-refractivity contribution in [3.63, 3.8) is 0 Å². The summed E-state index contributed by atoms with van der Waals surface area (Å²) in [4.78, 5) is 16.5. The largest absolute Gasteiger partial charge is 0.483 e. The number of likely N-dealkylation sites (tertiary alicyclic amines) is 1. The van der Waals surface area contributed by atoms with Gasteiger partial charge >= 0.3 is 0 Å². The van der Waals surface area contributed by atoms with E-state index >= 15 is 0 Å². The van der Waals surface area contributed by atoms with Crippen molar-refractivity contribution in [3.8, 4) is 16.9 Å². The molecule has 34 heavy (non-hydrogen) atoms. The van der Waals surface area contributed by atoms with Crippen molar-refractivity contribution < 1.29 is 19.0 Å². The zero-order valence-electron chi connectivity index (χ0n) is 20.0. The van der Waals surface area contributed by atoms with Crippen LogP contribution in [-0.4, -0.2) is 60.1 Å². The van der Waals surface area contributed by atoms with Gasteiger partial charge in [0, 0.05) is 25.2 Å². The monoisotopic (exact) mass is 466 g/mol. The average Bonchev–Trinajstić information content (AvgIpc) is 2.78. The number of anilines is 1. The quantitative estimate of drug-likeness (QED) is 0.707. The fourth-order valence-electron chi connectivity index (χ4n) is 5.49. The molecule has 7 nitrogen and oxygen atoms in total. The summed E-state index contributed by atoms with van der Waals surface area (Å²) >= 11 is 0. The molecule has 1 amide bonds. The first-order chi connectivity index (χ1) is 16.2. The number of benzene rings is 2. The molecule has 1 fully saturated rings. The third kappa shape index (κ3) is 3.75. The van der Waals surface area contributed by atoms with Crippen LogP contribution in [0.1, 0.15) is 39.2 Å². The molecular weight excluding hydrogens is 435 g/mol. The highest BCUT2D eigenvalue weighted by Crippen LogP contribution is 2.49. The second kappa shape index (κ2) is 8.36. The Balaban J connectivity index is 1.61. The Morgan fingerprint density at radius 3 is 2.71 bits per heavy atom. The van der Waals surface area contributed by atoms with Gasteiger partial charge in [-0.25, -0.2) is 9.82 Å². The van der Waals surface area contributed by atoms with E-state index < -0.39 is 6.04 Å². The SMILES string of the molecule is C[C@@H]1C(=O)NN=C2COc3cc(-c4ccccc4F)c([C@@H](C)C4(C)CN(C[C@@H](C)O)C4)cc3N21. The van der Waals surface area contributed by atoms with Crippen LogP contribution in [0.3, 0.4) is 0 Å². The first-order valence-corrected chi connectivity index (χ1v) is 11.8. The summed E-state index contributed by atoms with van der Waals surface area (Å²) in [5.41, 5.74) is 5.63. The van der Waals surface area contributed by atoms with E-state index in [-0.39, 0.29) is 35.8 Å². The summed E-state index contributed by atoms with van der Waals surface area (Å²) in [6.45, 7) is 10.6. The minimum atomic E-state index is -0.432. The van der Waals surface area contributed by atoms with Gasteiger partial charge in [0.15, 0.2) is 5.84 Å². The van der Waals surface area contributed by atoms with Gasteiger partial charge in [0.05, 0.1) is 11.8 Å². The zero-order chi connectivity index (χ0) is 24.2. The highest BCUT2D eigenvalue weighted by atomic mass is 19.1. The van der Waals surface area contributed by atoms with Crippen LogP contribution in [0, 0.1) is 11.2 Å². The van der Waals surface area contributed by atoms with Crippen LogP contribution in [0.4, 0.5) is 10.1 Å². The molecule has 2 N–H and O–H groups in total. The summed E-state index contributed by atoms with van der Waals surface area (Å²) in [5, 5.41) is 14.0. The number of aliphatic hydroxyl groups is 1. The molecule has 2 aromatic carbocycles. The van der Waals surface area contributed by atoms with E-state index in [1.54, 1.807) is 19.1 Å². The van der Waals surface area contributed by atoms with Crippen LogP contribution >= 0.6 is 0 Å². The molecule has 0 saturated carbocycles. The van der Waals surface area contributed by atoms with Crippen molar-refractivity contribution in [3.05, 3.63) is 47.8 Å². The molecule has 0 aliphatic carbocycles. The molecule has 0 spiro atoms. The summed E-state index contributed by atoms with van der Waals surface area (Å²) in [6.07, 6.45) is -0.376. The number of amides is 1. The number of rotatable bonds is 5. The fraction of sp³-hybridized carbons (Fsp3) is 0.462. The molecule has 0 aromatic heterocycles. The number of carbonyl (C=O) groups is 1. The average molecular weight is 467 g/mol. The smallest absolute Gasteiger partial charge is 0.262 e. The number of hydrogen-bond donors (Lipinski definition) is 2. The maximum absolute atomic E-state index is 15.0. The van der Waals surface area contributed by atoms with E-state index in [0.717, 1.165) is 29.9 Å². The minimum Gasteiger partial charge on any atom is -0.483 e. The summed E-state index contributed by atoms with van der Waals surface area (Å²) < 4.78 is 21.0. The van der Waals surface area contributed by atoms with Gasteiger partial charge < -0.3 is 14.7 Å². The first-order valence-electron chi connectivity index (χ1n) is 11.8. The van der Waals surface area contributed by atoms with Crippen LogP contribution in [0.2, 0.25) is 0 Å². The molecule has 0 bridgehead atoms. The Hall–Kier alpha value is -2.97. The predicted octanol–water partition coefficient (Wildman–Crippen LogP) is 3.33. The number of carbonyl (C=O) groups excluding carboxylic acids is 1. The molecule has 3 heterocycles. The van der Waals surface area contributed by atoms with Gasteiger partial charge in [0.2, 0.25) is 0 Å². The highest BCUT2D eigenvalue weighted by molar-refractivity contribution is 6.09. The molecule has 3 atom stereocenters. The van der Waals surface area contributed by atoms with E-state index in [4.69, 9.17) is 4.74 Å². The number of nitrogens with zero attached hydrogens (tertiary/aromatic N) is 3. The number of halogens is 1. The summed E-state index contributed by atoms with van der Waals surface area (Å²) in [7, 11) is 0. The number of β-amino-alcohol motifs (C(OH)–C–C–N with tert-alkyl or cyclic N) is 1. The molecule has 8 heteroatoms. The van der Waals surface area contributed by atoms with Crippen LogP contribution in [-0.2, 0) is 4.79 Å². The van der Waals surface area contributed by atoms with Crippen molar-refractivity contribution in [1.82, 2.24) is 10.3 Å². The summed E-state index contributed by atoms with van der Waals surface area (Å²) in [6, 6.07) is 10.3. The number of fused-ring (bicyclic) bond motifs is 3. The first kappa shape index (κ1) is 22.8. The molecular formula is C26H31FN4O3. The second-order valence-electron chi connectivity index (χ2n) is 10.1. The van der Waals surface area contributed by atoms with E-state index in [0.29, 0.717) is 23.7 Å². The topological polar surface area (TPSA) is 77.4 Å². The van der Waals surface area contributed by atoms with Crippen LogP contribution in [0.15, 0.2) is 41.5 Å². The molecule has 3 aliphatic rings. The third-order valence-corrected chi connectivity index (χ3v) is 7.46. The fourth-order valence-corrected chi connectivity index (χ4v) is 5.49. The van der Waals surface area contributed by atoms with Crippen molar-refractivity contribution >= 4 is 17.4 Å². The lowest BCUT2D eigenvalue weighted by Crippen LogP contribution is -2.58. The lowest BCUT2D eigenvalue weighted by atomic mass is 9.67. The molecule has 0 unspecified atom stereocenters. The number of aliphatic hydroxyl groups excluding tert-OH is 1. The number of ether oxygens (including phenoxy) is 1. The van der Waals surface area contributed by atoms with Gasteiger partial charge in [-0.15, -0.1) is 0 Å². The standard InChI is InChI=1S/C26H31FN4O3/c1-15(32)11-30-13-26(4,14-30)16(2)19-9-22-23(10-20(19)18-7-5-6-8-21(18)27)34-12-24-28-29-25(33)17(3)31(22)24/h5-10,15-17,32H,11-14H2,1-4H3,(H,29,33)/t15-,16-,17-/m1/s1. The van der Waals surface area contributed by atoms with Gasteiger partial charge in [-0.05, 0) is 54.5 Å². The molecule has 1 saturated heterocycles. The third-order valence-electron chi connectivity index (χ3n) is 7.46. The van der Waals surface area contributed by atoms with Gasteiger partial charge in [-0.3, -0.25) is 9.69 Å². The highest BCUT2D eigenvalue weighted by Gasteiger charge is 2.45. The maximum atomic E-state index is 15.0.